The Hall–Kier alpha value is -0.960. The average Bonchev–Trinajstić information content (AvgIpc) is 2.24. The summed E-state index contributed by atoms with van der Waals surface area (Å²) in [5.74, 6) is 0. The molecule has 2 nitrogen and oxygen atoms in total. The molecule has 1 aromatic carbocycles. The third kappa shape index (κ3) is 3.83. The summed E-state index contributed by atoms with van der Waals surface area (Å²) >= 11 is 1.54. The summed E-state index contributed by atoms with van der Waals surface area (Å²) in [4.78, 5) is 0. The minimum atomic E-state index is 0.935. The molecule has 0 atom stereocenters. The van der Waals surface area contributed by atoms with Gasteiger partial charge in [0, 0.05) is 18.0 Å². The molecule has 1 aromatic rings. The van der Waals surface area contributed by atoms with Gasteiger partial charge in [0.15, 0.2) is 0 Å². The van der Waals surface area contributed by atoms with E-state index in [0.29, 0.717) is 0 Å². The van der Waals surface area contributed by atoms with Gasteiger partial charge in [0.1, 0.15) is 0 Å². The van der Waals surface area contributed by atoms with E-state index in [-0.39, 0.29) is 0 Å². The minimum absolute atomic E-state index is 0.935. The molecule has 14 heavy (non-hydrogen) atoms. The van der Waals surface area contributed by atoms with Gasteiger partial charge in [-0.15, -0.1) is 0 Å². The molecule has 1 rings (SSSR count). The lowest BCUT2D eigenvalue weighted by Crippen LogP contribution is -1.92. The Morgan fingerprint density at radius 2 is 2.00 bits per heavy atom. The number of anilines is 1. The third-order valence-corrected chi connectivity index (χ3v) is 2.00. The van der Waals surface area contributed by atoms with Gasteiger partial charge in [0.25, 0.3) is 0 Å². The number of benzene rings is 1. The van der Waals surface area contributed by atoms with Crippen LogP contribution in [0.1, 0.15) is 25.0 Å². The van der Waals surface area contributed by atoms with E-state index in [1.165, 1.54) is 23.7 Å². The van der Waals surface area contributed by atoms with Gasteiger partial charge < -0.3 is 10.1 Å². The van der Waals surface area contributed by atoms with Crippen molar-refractivity contribution in [2.75, 3.05) is 11.0 Å². The molecule has 0 aliphatic rings. The number of rotatable bonds is 3. The van der Waals surface area contributed by atoms with E-state index >= 15 is 0 Å². The van der Waals surface area contributed by atoms with Crippen LogP contribution in [0.3, 0.4) is 0 Å². The highest BCUT2D eigenvalue weighted by Gasteiger charge is 1.97. The Labute approximate surface area is 90.8 Å². The average molecular weight is 210 g/mol. The summed E-state index contributed by atoms with van der Waals surface area (Å²) in [6.07, 6.45) is 3.33. The second-order valence-corrected chi connectivity index (χ2v) is 3.15. The lowest BCUT2D eigenvalue weighted by molar-refractivity contribution is 1.45. The molecule has 0 aliphatic heterocycles. The maximum atomic E-state index is 7.19. The molecule has 0 fully saturated rings. The molecule has 0 unspecified atom stereocenters. The van der Waals surface area contributed by atoms with Gasteiger partial charge >= 0.3 is 0 Å². The van der Waals surface area contributed by atoms with Crippen LogP contribution in [-0.4, -0.2) is 12.5 Å². The van der Waals surface area contributed by atoms with Crippen molar-refractivity contribution in [3.63, 3.8) is 0 Å². The molecule has 0 aromatic heterocycles. The molecular weight excluding hydrogens is 192 g/mol. The summed E-state index contributed by atoms with van der Waals surface area (Å²) in [5, 5.41) is 7.19. The van der Waals surface area contributed by atoms with Gasteiger partial charge in [-0.3, -0.25) is 0 Å². The zero-order valence-electron chi connectivity index (χ0n) is 9.22. The summed E-state index contributed by atoms with van der Waals surface area (Å²) in [6, 6.07) is 6.02. The maximum Gasteiger partial charge on any atom is 0.0528 e. The van der Waals surface area contributed by atoms with E-state index in [2.05, 4.69) is 4.72 Å². The summed E-state index contributed by atoms with van der Waals surface area (Å²) in [5.41, 5.74) is 3.12. The Balaban J connectivity index is 0.000000791. The fourth-order valence-electron chi connectivity index (χ4n) is 1.00. The highest BCUT2D eigenvalue weighted by molar-refractivity contribution is 7.99. The largest absolute Gasteiger partial charge is 0.329 e. The van der Waals surface area contributed by atoms with Crippen LogP contribution in [0.2, 0.25) is 0 Å². The fourth-order valence-corrected chi connectivity index (χ4v) is 1.41. The molecule has 2 N–H and O–H groups in total. The van der Waals surface area contributed by atoms with Crippen molar-refractivity contribution in [2.45, 2.75) is 20.8 Å². The zero-order valence-corrected chi connectivity index (χ0v) is 10.0. The van der Waals surface area contributed by atoms with E-state index in [0.717, 1.165) is 11.3 Å². The molecule has 0 saturated carbocycles. The first-order chi connectivity index (χ1) is 6.77. The monoisotopic (exact) mass is 210 g/mol. The molecule has 0 saturated heterocycles. The van der Waals surface area contributed by atoms with Crippen molar-refractivity contribution in [1.82, 2.24) is 0 Å². The molecule has 0 aliphatic carbocycles. The van der Waals surface area contributed by atoms with Crippen molar-refractivity contribution < 1.29 is 0 Å². The Morgan fingerprint density at radius 1 is 1.36 bits per heavy atom. The normalized spacial score (nSPS) is 8.57. The second kappa shape index (κ2) is 7.44. The molecule has 3 heteroatoms. The highest BCUT2D eigenvalue weighted by Crippen LogP contribution is 2.17. The van der Waals surface area contributed by atoms with E-state index in [1.807, 2.05) is 45.2 Å². The predicted octanol–water partition coefficient (Wildman–Crippen LogP) is 3.71. The van der Waals surface area contributed by atoms with Crippen molar-refractivity contribution >= 4 is 23.8 Å². The molecule has 0 amide bonds. The van der Waals surface area contributed by atoms with E-state index in [4.69, 9.17) is 5.41 Å². The standard InChI is InChI=1S/C9H12N2S.C2H6/c1-7-3-4-9(11-12-2)8(5-7)6-10;1-2/h3-6,10-11H,1-2H3;1-2H3. The van der Waals surface area contributed by atoms with Crippen molar-refractivity contribution in [3.05, 3.63) is 29.3 Å². The van der Waals surface area contributed by atoms with Gasteiger partial charge in [-0.05, 0) is 19.1 Å². The first-order valence-corrected chi connectivity index (χ1v) is 5.90. The van der Waals surface area contributed by atoms with Crippen LogP contribution in [0.5, 0.6) is 0 Å². The Morgan fingerprint density at radius 3 is 2.50 bits per heavy atom. The predicted molar refractivity (Wildman–Crippen MR) is 67.6 cm³/mol. The summed E-state index contributed by atoms with van der Waals surface area (Å²) < 4.78 is 3.12. The van der Waals surface area contributed by atoms with Crippen molar-refractivity contribution in [3.8, 4) is 0 Å². The first-order valence-electron chi connectivity index (χ1n) is 4.68. The van der Waals surface area contributed by atoms with Crippen LogP contribution >= 0.6 is 11.9 Å². The SMILES string of the molecule is CC.CSNc1ccc(C)cc1C=N. The van der Waals surface area contributed by atoms with E-state index in [9.17, 15) is 0 Å². The Bertz CT molecular complexity index is 285. The maximum absolute atomic E-state index is 7.19. The highest BCUT2D eigenvalue weighted by atomic mass is 32.2. The van der Waals surface area contributed by atoms with Crippen molar-refractivity contribution in [1.29, 1.82) is 5.41 Å². The molecule has 78 valence electrons. The third-order valence-electron chi connectivity index (χ3n) is 1.57. The topological polar surface area (TPSA) is 35.9 Å². The number of hydrogen-bond acceptors (Lipinski definition) is 3. The van der Waals surface area contributed by atoms with E-state index in [1.54, 1.807) is 0 Å². The second-order valence-electron chi connectivity index (χ2n) is 2.54. The van der Waals surface area contributed by atoms with Gasteiger partial charge in [-0.1, -0.05) is 37.4 Å². The van der Waals surface area contributed by atoms with Crippen LogP contribution in [0.4, 0.5) is 5.69 Å². The fraction of sp³-hybridized carbons (Fsp3) is 0.364. The first kappa shape index (κ1) is 13.0. The van der Waals surface area contributed by atoms with Crippen LogP contribution < -0.4 is 4.72 Å². The van der Waals surface area contributed by atoms with Gasteiger partial charge in [0.05, 0.1) is 5.69 Å². The lowest BCUT2D eigenvalue weighted by Gasteiger charge is -2.06. The van der Waals surface area contributed by atoms with Crippen LogP contribution in [0.25, 0.3) is 0 Å². The van der Waals surface area contributed by atoms with Crippen LogP contribution in [0.15, 0.2) is 18.2 Å². The number of hydrogen-bond donors (Lipinski definition) is 2. The molecule has 0 spiro atoms. The van der Waals surface area contributed by atoms with Gasteiger partial charge in [-0.2, -0.15) is 0 Å². The molecular formula is C11H18N2S. The molecule has 0 heterocycles. The lowest BCUT2D eigenvalue weighted by atomic mass is 10.1. The Kier molecular flexibility index (Phi) is 6.93. The van der Waals surface area contributed by atoms with Crippen molar-refractivity contribution in [2.24, 2.45) is 0 Å². The van der Waals surface area contributed by atoms with Crippen LogP contribution in [0, 0.1) is 12.3 Å². The smallest absolute Gasteiger partial charge is 0.0528 e. The quantitative estimate of drug-likeness (QED) is 0.589. The number of nitrogens with one attached hydrogen (secondary N) is 2. The summed E-state index contributed by atoms with van der Waals surface area (Å²) in [6.45, 7) is 6.02. The molecule has 0 bridgehead atoms. The number of aryl methyl sites for hydroxylation is 1. The minimum Gasteiger partial charge on any atom is -0.329 e. The van der Waals surface area contributed by atoms with Gasteiger partial charge in [-0.25, -0.2) is 0 Å². The van der Waals surface area contributed by atoms with Crippen LogP contribution in [-0.2, 0) is 0 Å². The van der Waals surface area contributed by atoms with Gasteiger partial charge in [0.2, 0.25) is 0 Å². The summed E-state index contributed by atoms with van der Waals surface area (Å²) in [7, 11) is 0. The molecule has 0 radical (unpaired) electrons. The zero-order chi connectivity index (χ0) is 11.0. The van der Waals surface area contributed by atoms with E-state index < -0.39 is 0 Å².